The van der Waals surface area contributed by atoms with E-state index >= 15 is 0 Å². The Bertz CT molecular complexity index is 1270. The van der Waals surface area contributed by atoms with Crippen molar-refractivity contribution in [2.75, 3.05) is 13.2 Å². The molecule has 3 aromatic rings. The Morgan fingerprint density at radius 3 is 1.97 bits per heavy atom. The number of nitrogens with zero attached hydrogens (tertiary/aromatic N) is 2. The predicted octanol–water partition coefficient (Wildman–Crippen LogP) is 5.48. The summed E-state index contributed by atoms with van der Waals surface area (Å²) in [4.78, 5) is 0. The van der Waals surface area contributed by atoms with Gasteiger partial charge in [-0.3, -0.25) is 0 Å². The molecular formula is C32H32N2O5. The van der Waals surface area contributed by atoms with Crippen LogP contribution in [0.5, 0.6) is 0 Å². The number of benzene rings is 3. The second kappa shape index (κ2) is 14.2. The van der Waals surface area contributed by atoms with E-state index in [9.17, 15) is 5.26 Å². The van der Waals surface area contributed by atoms with Gasteiger partial charge in [0.15, 0.2) is 6.61 Å². The quantitative estimate of drug-likeness (QED) is 0.166. The van der Waals surface area contributed by atoms with Gasteiger partial charge in [-0.2, -0.15) is 10.5 Å². The maximum atomic E-state index is 10.0. The fourth-order valence-electron chi connectivity index (χ4n) is 4.59. The molecule has 39 heavy (non-hydrogen) atoms. The Labute approximate surface area is 229 Å². The highest BCUT2D eigenvalue weighted by atomic mass is 16.6. The summed E-state index contributed by atoms with van der Waals surface area (Å²) >= 11 is 0. The van der Waals surface area contributed by atoms with Crippen molar-refractivity contribution in [2.45, 2.75) is 50.7 Å². The van der Waals surface area contributed by atoms with Crippen LogP contribution in [0.4, 0.5) is 0 Å². The Kier molecular flexibility index (Phi) is 10.2. The van der Waals surface area contributed by atoms with Crippen molar-refractivity contribution in [1.82, 2.24) is 0 Å². The average Bonchev–Trinajstić information content (AvgIpc) is 3.25. The fourth-order valence-corrected chi connectivity index (χ4v) is 4.59. The van der Waals surface area contributed by atoms with Crippen molar-refractivity contribution in [1.29, 1.82) is 10.5 Å². The topological polar surface area (TPSA) is 93.7 Å². The standard InChI is InChI=1S/C32H32N2O5/c1-32(38-22-27-15-9-4-10-16-27)30(28(19-34)23-35-18-17-33)39-29(24-36-20-25-11-5-2-6-12-25)31(32)37-21-26-13-7-3-8-14-26/h2-16,23,29-31H,18,20-22,24H2,1H3/b28-23+/t29-,30?,31-,32+/m1/s1. The molecule has 1 fully saturated rings. The smallest absolute Gasteiger partial charge is 0.173 e. The summed E-state index contributed by atoms with van der Waals surface area (Å²) in [6.45, 7) is 2.97. The molecule has 0 amide bonds. The monoisotopic (exact) mass is 524 g/mol. The van der Waals surface area contributed by atoms with Gasteiger partial charge >= 0.3 is 0 Å². The highest BCUT2D eigenvalue weighted by molar-refractivity contribution is 5.31. The molecule has 200 valence electrons. The van der Waals surface area contributed by atoms with Gasteiger partial charge in [-0.1, -0.05) is 91.0 Å². The van der Waals surface area contributed by atoms with E-state index in [0.717, 1.165) is 16.7 Å². The maximum absolute atomic E-state index is 10.0. The van der Waals surface area contributed by atoms with E-state index in [1.165, 1.54) is 6.26 Å². The van der Waals surface area contributed by atoms with Crippen LogP contribution in [0.15, 0.2) is 103 Å². The molecule has 0 saturated carbocycles. The van der Waals surface area contributed by atoms with Crippen LogP contribution in [0.3, 0.4) is 0 Å². The van der Waals surface area contributed by atoms with Crippen LogP contribution in [-0.4, -0.2) is 37.1 Å². The molecular weight excluding hydrogens is 492 g/mol. The number of nitriles is 2. The van der Waals surface area contributed by atoms with Crippen LogP contribution in [0.25, 0.3) is 0 Å². The first-order valence-electron chi connectivity index (χ1n) is 12.8. The highest BCUT2D eigenvalue weighted by Gasteiger charge is 2.57. The molecule has 1 unspecified atom stereocenters. The third-order valence-corrected chi connectivity index (χ3v) is 6.56. The van der Waals surface area contributed by atoms with Crippen LogP contribution in [0, 0.1) is 22.7 Å². The molecule has 0 radical (unpaired) electrons. The van der Waals surface area contributed by atoms with Gasteiger partial charge in [0, 0.05) is 0 Å². The number of ether oxygens (including phenoxy) is 5. The van der Waals surface area contributed by atoms with Gasteiger partial charge in [-0.15, -0.1) is 0 Å². The van der Waals surface area contributed by atoms with Gasteiger partial charge in [-0.25, -0.2) is 0 Å². The number of hydrogen-bond donors (Lipinski definition) is 0. The molecule has 7 heteroatoms. The van der Waals surface area contributed by atoms with Crippen molar-refractivity contribution >= 4 is 0 Å². The summed E-state index contributed by atoms with van der Waals surface area (Å²) < 4.78 is 30.9. The molecule has 1 saturated heterocycles. The Morgan fingerprint density at radius 1 is 0.846 bits per heavy atom. The molecule has 1 heterocycles. The lowest BCUT2D eigenvalue weighted by Crippen LogP contribution is -2.50. The van der Waals surface area contributed by atoms with E-state index in [-0.39, 0.29) is 25.4 Å². The van der Waals surface area contributed by atoms with Gasteiger partial charge in [0.05, 0.1) is 32.0 Å². The molecule has 4 rings (SSSR count). The Hall–Kier alpha value is -3.98. The highest BCUT2D eigenvalue weighted by Crippen LogP contribution is 2.41. The lowest BCUT2D eigenvalue weighted by Gasteiger charge is -2.35. The minimum absolute atomic E-state index is 0.183. The van der Waals surface area contributed by atoms with E-state index < -0.39 is 23.9 Å². The summed E-state index contributed by atoms with van der Waals surface area (Å²) in [6, 6.07) is 33.6. The van der Waals surface area contributed by atoms with E-state index in [1.54, 1.807) is 0 Å². The molecule has 0 aliphatic carbocycles. The summed E-state index contributed by atoms with van der Waals surface area (Å²) in [7, 11) is 0. The lowest BCUT2D eigenvalue weighted by atomic mass is 9.88. The van der Waals surface area contributed by atoms with Crippen LogP contribution >= 0.6 is 0 Å². The zero-order valence-electron chi connectivity index (χ0n) is 21.9. The van der Waals surface area contributed by atoms with Gasteiger partial charge < -0.3 is 23.7 Å². The minimum Gasteiger partial charge on any atom is -0.485 e. The summed E-state index contributed by atoms with van der Waals surface area (Å²) in [5.74, 6) is 0. The summed E-state index contributed by atoms with van der Waals surface area (Å²) in [6.07, 6.45) is -0.638. The molecule has 0 aromatic heterocycles. The van der Waals surface area contributed by atoms with Crippen molar-refractivity contribution in [3.05, 3.63) is 120 Å². The van der Waals surface area contributed by atoms with Gasteiger partial charge in [0.25, 0.3) is 0 Å². The van der Waals surface area contributed by atoms with Crippen LogP contribution in [-0.2, 0) is 43.5 Å². The molecule has 1 aliphatic rings. The predicted molar refractivity (Wildman–Crippen MR) is 145 cm³/mol. The first kappa shape index (κ1) is 28.0. The third kappa shape index (κ3) is 7.54. The van der Waals surface area contributed by atoms with Crippen LogP contribution in [0.2, 0.25) is 0 Å². The van der Waals surface area contributed by atoms with E-state index in [1.807, 2.05) is 104 Å². The largest absolute Gasteiger partial charge is 0.485 e. The van der Waals surface area contributed by atoms with E-state index in [0.29, 0.717) is 13.2 Å². The van der Waals surface area contributed by atoms with E-state index in [2.05, 4.69) is 6.07 Å². The summed E-state index contributed by atoms with van der Waals surface area (Å²) in [5.41, 5.74) is 2.16. The minimum atomic E-state index is -1.07. The second-order valence-electron chi connectivity index (χ2n) is 9.38. The lowest BCUT2D eigenvalue weighted by molar-refractivity contribution is -0.142. The summed E-state index contributed by atoms with van der Waals surface area (Å²) in [5, 5.41) is 18.9. The van der Waals surface area contributed by atoms with E-state index in [4.69, 9.17) is 28.9 Å². The first-order chi connectivity index (χ1) is 19.1. The average molecular weight is 525 g/mol. The molecule has 3 aromatic carbocycles. The molecule has 0 spiro atoms. The number of hydrogen-bond acceptors (Lipinski definition) is 7. The fraction of sp³-hybridized carbons (Fsp3) is 0.312. The Morgan fingerprint density at radius 2 is 1.41 bits per heavy atom. The maximum Gasteiger partial charge on any atom is 0.173 e. The molecule has 7 nitrogen and oxygen atoms in total. The van der Waals surface area contributed by atoms with Crippen LogP contribution in [0.1, 0.15) is 23.6 Å². The SMILES string of the molecule is C[C@]1(OCc2ccccc2)C(/C(C#N)=C/OCC#N)O[C@H](COCc2ccccc2)[C@H]1OCc1ccccc1. The zero-order valence-corrected chi connectivity index (χ0v) is 21.9. The molecule has 0 bridgehead atoms. The Balaban J connectivity index is 1.61. The first-order valence-corrected chi connectivity index (χ1v) is 12.8. The van der Waals surface area contributed by atoms with Crippen molar-refractivity contribution in [2.24, 2.45) is 0 Å². The van der Waals surface area contributed by atoms with Crippen molar-refractivity contribution in [3.63, 3.8) is 0 Å². The third-order valence-electron chi connectivity index (χ3n) is 6.56. The van der Waals surface area contributed by atoms with Gasteiger partial charge in [0.1, 0.15) is 42.3 Å². The van der Waals surface area contributed by atoms with Crippen LogP contribution < -0.4 is 0 Å². The van der Waals surface area contributed by atoms with Gasteiger partial charge in [-0.05, 0) is 23.6 Å². The molecule has 0 N–H and O–H groups in total. The second-order valence-corrected chi connectivity index (χ2v) is 9.38. The van der Waals surface area contributed by atoms with Crippen molar-refractivity contribution in [3.8, 4) is 12.1 Å². The zero-order chi connectivity index (χ0) is 27.3. The van der Waals surface area contributed by atoms with Gasteiger partial charge in [0.2, 0.25) is 0 Å². The molecule has 4 atom stereocenters. The molecule has 1 aliphatic heterocycles. The van der Waals surface area contributed by atoms with Crippen molar-refractivity contribution < 1.29 is 23.7 Å². The normalized spacial score (nSPS) is 22.6. The number of rotatable bonds is 13.